The molecule has 1 atom stereocenters. The Morgan fingerprint density at radius 1 is 1.35 bits per heavy atom. The van der Waals surface area contributed by atoms with Gasteiger partial charge >= 0.3 is 0 Å². The summed E-state index contributed by atoms with van der Waals surface area (Å²) in [6, 6.07) is 5.69. The first-order chi connectivity index (χ1) is 7.80. The third-order valence-corrected chi connectivity index (χ3v) is 3.06. The first-order valence-electron chi connectivity index (χ1n) is 5.70. The third-order valence-electron chi connectivity index (χ3n) is 2.48. The molecule has 1 rings (SSSR count). The van der Waals surface area contributed by atoms with Crippen LogP contribution in [0.25, 0.3) is 0 Å². The summed E-state index contributed by atoms with van der Waals surface area (Å²) in [4.78, 5) is 0. The SMILES string of the molecule is CC(C)NCC(C)(O)Cc1ccc(Cl)cc1Cl. The molecule has 17 heavy (non-hydrogen) atoms. The first kappa shape index (κ1) is 14.8. The van der Waals surface area contributed by atoms with Gasteiger partial charge in [0.15, 0.2) is 0 Å². The minimum atomic E-state index is -0.818. The fourth-order valence-corrected chi connectivity index (χ4v) is 2.04. The van der Waals surface area contributed by atoms with Crippen LogP contribution in [0.3, 0.4) is 0 Å². The normalized spacial score (nSPS) is 15.0. The maximum Gasteiger partial charge on any atom is 0.0784 e. The highest BCUT2D eigenvalue weighted by Gasteiger charge is 2.22. The number of halogens is 2. The highest BCUT2D eigenvalue weighted by Crippen LogP contribution is 2.24. The molecule has 0 spiro atoms. The molecule has 0 fully saturated rings. The largest absolute Gasteiger partial charge is 0.389 e. The van der Waals surface area contributed by atoms with Crippen LogP contribution in [-0.4, -0.2) is 23.3 Å². The number of aliphatic hydroxyl groups is 1. The molecule has 1 aromatic carbocycles. The van der Waals surface area contributed by atoms with Gasteiger partial charge in [0.1, 0.15) is 0 Å². The lowest BCUT2D eigenvalue weighted by molar-refractivity contribution is 0.0581. The average Bonchev–Trinajstić information content (AvgIpc) is 2.20. The lowest BCUT2D eigenvalue weighted by Crippen LogP contribution is -2.42. The van der Waals surface area contributed by atoms with Gasteiger partial charge in [0.25, 0.3) is 0 Å². The molecular weight excluding hydrogens is 257 g/mol. The molecule has 1 aromatic rings. The molecule has 0 aliphatic carbocycles. The van der Waals surface area contributed by atoms with Crippen LogP contribution in [0.15, 0.2) is 18.2 Å². The Hall–Kier alpha value is -0.280. The van der Waals surface area contributed by atoms with E-state index in [0.29, 0.717) is 29.1 Å². The Morgan fingerprint density at radius 2 is 2.00 bits per heavy atom. The van der Waals surface area contributed by atoms with Crippen LogP contribution in [0.1, 0.15) is 26.3 Å². The molecule has 0 saturated heterocycles. The van der Waals surface area contributed by atoms with E-state index in [4.69, 9.17) is 23.2 Å². The van der Waals surface area contributed by atoms with Crippen molar-refractivity contribution >= 4 is 23.2 Å². The van der Waals surface area contributed by atoms with E-state index in [1.54, 1.807) is 19.1 Å². The highest BCUT2D eigenvalue weighted by molar-refractivity contribution is 6.35. The van der Waals surface area contributed by atoms with Crippen LogP contribution in [0.5, 0.6) is 0 Å². The molecule has 0 saturated carbocycles. The Bertz CT molecular complexity index is 378. The molecular formula is C13H19Cl2NO. The van der Waals surface area contributed by atoms with E-state index in [9.17, 15) is 5.11 Å². The molecule has 0 aliphatic heterocycles. The molecule has 0 bridgehead atoms. The Morgan fingerprint density at radius 3 is 2.53 bits per heavy atom. The van der Waals surface area contributed by atoms with Gasteiger partial charge in [0, 0.05) is 29.1 Å². The van der Waals surface area contributed by atoms with Crippen molar-refractivity contribution in [1.29, 1.82) is 0 Å². The zero-order valence-electron chi connectivity index (χ0n) is 10.4. The second-order valence-electron chi connectivity index (χ2n) is 4.95. The predicted octanol–water partition coefficient (Wildman–Crippen LogP) is 3.28. The van der Waals surface area contributed by atoms with Crippen LogP contribution in [0.2, 0.25) is 10.0 Å². The van der Waals surface area contributed by atoms with E-state index in [0.717, 1.165) is 5.56 Å². The number of nitrogens with one attached hydrogen (secondary N) is 1. The number of benzene rings is 1. The lowest BCUT2D eigenvalue weighted by Gasteiger charge is -2.25. The third kappa shape index (κ3) is 5.26. The van der Waals surface area contributed by atoms with Crippen molar-refractivity contribution in [3.63, 3.8) is 0 Å². The van der Waals surface area contributed by atoms with E-state index in [-0.39, 0.29) is 0 Å². The molecule has 0 radical (unpaired) electrons. The number of rotatable bonds is 5. The predicted molar refractivity (Wildman–Crippen MR) is 73.9 cm³/mol. The highest BCUT2D eigenvalue weighted by atomic mass is 35.5. The number of hydrogen-bond donors (Lipinski definition) is 2. The molecule has 0 aliphatic rings. The van der Waals surface area contributed by atoms with Crippen molar-refractivity contribution in [2.75, 3.05) is 6.54 Å². The monoisotopic (exact) mass is 275 g/mol. The molecule has 2 nitrogen and oxygen atoms in total. The van der Waals surface area contributed by atoms with Gasteiger partial charge in [-0.3, -0.25) is 0 Å². The molecule has 4 heteroatoms. The summed E-state index contributed by atoms with van der Waals surface area (Å²) in [7, 11) is 0. The van der Waals surface area contributed by atoms with Crippen LogP contribution in [0.4, 0.5) is 0 Å². The Labute approximate surface area is 113 Å². The number of hydrogen-bond acceptors (Lipinski definition) is 2. The van der Waals surface area contributed by atoms with E-state index in [1.165, 1.54) is 0 Å². The lowest BCUT2D eigenvalue weighted by atomic mass is 9.96. The van der Waals surface area contributed by atoms with Crippen LogP contribution in [0, 0.1) is 0 Å². The summed E-state index contributed by atoms with van der Waals surface area (Å²) in [6.45, 7) is 6.42. The maximum absolute atomic E-state index is 10.3. The van der Waals surface area contributed by atoms with Crippen molar-refractivity contribution in [3.05, 3.63) is 33.8 Å². The summed E-state index contributed by atoms with van der Waals surface area (Å²) in [5.41, 5.74) is 0.0912. The van der Waals surface area contributed by atoms with Crippen molar-refractivity contribution in [1.82, 2.24) is 5.32 Å². The molecule has 0 aromatic heterocycles. The molecule has 0 amide bonds. The zero-order chi connectivity index (χ0) is 13.1. The molecule has 0 heterocycles. The van der Waals surface area contributed by atoms with Crippen LogP contribution in [-0.2, 0) is 6.42 Å². The topological polar surface area (TPSA) is 32.3 Å². The van der Waals surface area contributed by atoms with E-state index in [2.05, 4.69) is 5.32 Å². The van der Waals surface area contributed by atoms with Crippen molar-refractivity contribution < 1.29 is 5.11 Å². The van der Waals surface area contributed by atoms with Crippen molar-refractivity contribution in [2.24, 2.45) is 0 Å². The fraction of sp³-hybridized carbons (Fsp3) is 0.538. The quantitative estimate of drug-likeness (QED) is 0.865. The fourth-order valence-electron chi connectivity index (χ4n) is 1.56. The second-order valence-corrected chi connectivity index (χ2v) is 5.79. The summed E-state index contributed by atoms with van der Waals surface area (Å²) in [5, 5.41) is 14.7. The summed E-state index contributed by atoms with van der Waals surface area (Å²) in [6.07, 6.45) is 0.503. The van der Waals surface area contributed by atoms with E-state index in [1.807, 2.05) is 19.9 Å². The van der Waals surface area contributed by atoms with Gasteiger partial charge in [-0.2, -0.15) is 0 Å². The summed E-state index contributed by atoms with van der Waals surface area (Å²) >= 11 is 11.9. The molecule has 1 unspecified atom stereocenters. The average molecular weight is 276 g/mol. The van der Waals surface area contributed by atoms with E-state index < -0.39 is 5.60 Å². The van der Waals surface area contributed by atoms with Crippen LogP contribution >= 0.6 is 23.2 Å². The van der Waals surface area contributed by atoms with Gasteiger partial charge in [-0.1, -0.05) is 43.1 Å². The molecule has 2 N–H and O–H groups in total. The van der Waals surface area contributed by atoms with Gasteiger partial charge in [0.2, 0.25) is 0 Å². The van der Waals surface area contributed by atoms with Gasteiger partial charge in [-0.25, -0.2) is 0 Å². The minimum Gasteiger partial charge on any atom is -0.389 e. The Kier molecular flexibility index (Phi) is 5.26. The smallest absolute Gasteiger partial charge is 0.0784 e. The van der Waals surface area contributed by atoms with E-state index >= 15 is 0 Å². The van der Waals surface area contributed by atoms with Crippen molar-refractivity contribution in [2.45, 2.75) is 38.8 Å². The van der Waals surface area contributed by atoms with Gasteiger partial charge < -0.3 is 10.4 Å². The van der Waals surface area contributed by atoms with Gasteiger partial charge in [0.05, 0.1) is 5.60 Å². The Balaban J connectivity index is 2.68. The second kappa shape index (κ2) is 6.05. The van der Waals surface area contributed by atoms with Crippen LogP contribution < -0.4 is 5.32 Å². The van der Waals surface area contributed by atoms with Gasteiger partial charge in [-0.15, -0.1) is 0 Å². The summed E-state index contributed by atoms with van der Waals surface area (Å²) < 4.78 is 0. The first-order valence-corrected chi connectivity index (χ1v) is 6.45. The standard InChI is InChI=1S/C13H19Cl2NO/c1-9(2)16-8-13(3,17)7-10-4-5-11(14)6-12(10)15/h4-6,9,16-17H,7-8H2,1-3H3. The van der Waals surface area contributed by atoms with Crippen molar-refractivity contribution in [3.8, 4) is 0 Å². The zero-order valence-corrected chi connectivity index (χ0v) is 11.9. The molecule has 96 valence electrons. The maximum atomic E-state index is 10.3. The summed E-state index contributed by atoms with van der Waals surface area (Å²) in [5.74, 6) is 0. The van der Waals surface area contributed by atoms with Gasteiger partial charge in [-0.05, 0) is 24.6 Å². The minimum absolute atomic E-state index is 0.349.